The predicted octanol–water partition coefficient (Wildman–Crippen LogP) is 1.23. The van der Waals surface area contributed by atoms with E-state index >= 15 is 0 Å². The summed E-state index contributed by atoms with van der Waals surface area (Å²) in [6, 6.07) is 7.73. The lowest BCUT2D eigenvalue weighted by molar-refractivity contribution is -0.121. The fourth-order valence-corrected chi connectivity index (χ4v) is 2.28. The van der Waals surface area contributed by atoms with Gasteiger partial charge < -0.3 is 4.74 Å². The van der Waals surface area contributed by atoms with E-state index in [2.05, 4.69) is 9.97 Å². The van der Waals surface area contributed by atoms with Crippen molar-refractivity contribution < 1.29 is 9.53 Å². The van der Waals surface area contributed by atoms with Crippen molar-refractivity contribution in [1.82, 2.24) is 15.0 Å². The highest BCUT2D eigenvalue weighted by atomic mass is 16.5. The van der Waals surface area contributed by atoms with Crippen LogP contribution in [0.5, 0.6) is 0 Å². The number of para-hydroxylation sites is 1. The number of carbonyl (C=O) groups excluding carboxylic acids is 1. The lowest BCUT2D eigenvalue weighted by Gasteiger charge is -2.34. The molecule has 1 saturated heterocycles. The Balaban J connectivity index is 1.98. The fourth-order valence-electron chi connectivity index (χ4n) is 2.28. The van der Waals surface area contributed by atoms with Crippen molar-refractivity contribution in [2.24, 2.45) is 0 Å². The third-order valence-corrected chi connectivity index (χ3v) is 3.23. The van der Waals surface area contributed by atoms with Gasteiger partial charge in [0.05, 0.1) is 18.7 Å². The van der Waals surface area contributed by atoms with Gasteiger partial charge in [0.15, 0.2) is 0 Å². The highest BCUT2D eigenvalue weighted by Crippen LogP contribution is 2.17. The van der Waals surface area contributed by atoms with Crippen LogP contribution in [0.15, 0.2) is 30.5 Å². The molecule has 1 fully saturated rings. The number of fused-ring (bicyclic) bond motifs is 1. The first kappa shape index (κ1) is 13.0. The lowest BCUT2D eigenvalue weighted by Crippen LogP contribution is -2.51. The molecular formula is C14H16N4O2. The summed E-state index contributed by atoms with van der Waals surface area (Å²) in [6.07, 6.45) is 1.74. The number of hydrogen-bond acceptors (Lipinski definition) is 5. The quantitative estimate of drug-likeness (QED) is 0.823. The Morgan fingerprint density at radius 1 is 1.30 bits per heavy atom. The molecule has 104 valence electrons. The summed E-state index contributed by atoms with van der Waals surface area (Å²) in [5.41, 5.74) is 0.831. The number of aromatic nitrogens is 2. The van der Waals surface area contributed by atoms with E-state index in [-0.39, 0.29) is 5.91 Å². The first-order chi connectivity index (χ1) is 9.75. The van der Waals surface area contributed by atoms with E-state index in [1.54, 1.807) is 6.20 Å². The Kier molecular flexibility index (Phi) is 3.58. The van der Waals surface area contributed by atoms with Crippen molar-refractivity contribution >= 4 is 22.8 Å². The third kappa shape index (κ3) is 2.48. The predicted molar refractivity (Wildman–Crippen MR) is 75.1 cm³/mol. The van der Waals surface area contributed by atoms with Crippen LogP contribution >= 0.6 is 0 Å². The van der Waals surface area contributed by atoms with Gasteiger partial charge in [-0.25, -0.2) is 20.0 Å². The number of nitrogens with zero attached hydrogens (tertiary/aromatic N) is 4. The Bertz CT molecular complexity index is 625. The van der Waals surface area contributed by atoms with Crippen LogP contribution in [-0.4, -0.2) is 47.2 Å². The van der Waals surface area contributed by atoms with Crippen LogP contribution in [-0.2, 0) is 9.53 Å². The highest BCUT2D eigenvalue weighted by molar-refractivity contribution is 5.89. The number of anilines is 1. The summed E-state index contributed by atoms with van der Waals surface area (Å²) in [4.78, 5) is 20.7. The van der Waals surface area contributed by atoms with Gasteiger partial charge in [-0.3, -0.25) is 4.79 Å². The Labute approximate surface area is 117 Å². The van der Waals surface area contributed by atoms with Gasteiger partial charge in [-0.1, -0.05) is 18.2 Å². The SMILES string of the molecule is CC(=O)N(c1ncc2ccccc2n1)N1CCOCC1. The molecule has 6 heteroatoms. The van der Waals surface area contributed by atoms with Crippen LogP contribution in [0.25, 0.3) is 10.9 Å². The van der Waals surface area contributed by atoms with Gasteiger partial charge in [0.2, 0.25) is 11.9 Å². The van der Waals surface area contributed by atoms with Gasteiger partial charge in [-0.05, 0) is 6.07 Å². The highest BCUT2D eigenvalue weighted by Gasteiger charge is 2.24. The molecule has 1 aromatic carbocycles. The number of hydrogen-bond donors (Lipinski definition) is 0. The zero-order chi connectivity index (χ0) is 13.9. The molecule has 3 rings (SSSR count). The topological polar surface area (TPSA) is 58.6 Å². The van der Waals surface area contributed by atoms with Crippen molar-refractivity contribution in [3.63, 3.8) is 0 Å². The first-order valence-corrected chi connectivity index (χ1v) is 6.61. The smallest absolute Gasteiger partial charge is 0.248 e. The van der Waals surface area contributed by atoms with Gasteiger partial charge in [0, 0.05) is 31.6 Å². The average molecular weight is 272 g/mol. The molecule has 0 bridgehead atoms. The van der Waals surface area contributed by atoms with Gasteiger partial charge in [0.1, 0.15) is 0 Å². The molecule has 2 heterocycles. The molecule has 1 aromatic heterocycles. The summed E-state index contributed by atoms with van der Waals surface area (Å²) in [5.74, 6) is 0.320. The average Bonchev–Trinajstić information content (AvgIpc) is 2.48. The zero-order valence-electron chi connectivity index (χ0n) is 11.3. The van der Waals surface area contributed by atoms with Gasteiger partial charge in [0.25, 0.3) is 0 Å². The summed E-state index contributed by atoms with van der Waals surface area (Å²) in [5, 5.41) is 4.42. The zero-order valence-corrected chi connectivity index (χ0v) is 11.3. The molecule has 0 spiro atoms. The number of morpholine rings is 1. The summed E-state index contributed by atoms with van der Waals surface area (Å²) in [7, 11) is 0. The standard InChI is InChI=1S/C14H16N4O2/c1-11(19)18(17-6-8-20-9-7-17)14-15-10-12-4-2-3-5-13(12)16-14/h2-5,10H,6-9H2,1H3. The van der Waals surface area contributed by atoms with Gasteiger partial charge >= 0.3 is 0 Å². The molecule has 1 aliphatic heterocycles. The maximum absolute atomic E-state index is 11.9. The fraction of sp³-hybridized carbons (Fsp3) is 0.357. The normalized spacial score (nSPS) is 16.2. The number of hydrazine groups is 1. The molecule has 20 heavy (non-hydrogen) atoms. The number of ether oxygens (including phenoxy) is 1. The van der Waals surface area contributed by atoms with Crippen LogP contribution < -0.4 is 5.01 Å². The van der Waals surface area contributed by atoms with Crippen LogP contribution in [0.2, 0.25) is 0 Å². The molecule has 0 aliphatic carbocycles. The monoisotopic (exact) mass is 272 g/mol. The number of amides is 1. The maximum atomic E-state index is 11.9. The van der Waals surface area contributed by atoms with Crippen molar-refractivity contribution in [3.05, 3.63) is 30.5 Å². The molecule has 1 amide bonds. The van der Waals surface area contributed by atoms with Crippen molar-refractivity contribution in [2.45, 2.75) is 6.92 Å². The number of rotatable bonds is 2. The van der Waals surface area contributed by atoms with E-state index in [0.717, 1.165) is 10.9 Å². The molecule has 6 nitrogen and oxygen atoms in total. The number of carbonyl (C=O) groups is 1. The molecule has 0 radical (unpaired) electrons. The Morgan fingerprint density at radius 2 is 2.05 bits per heavy atom. The molecule has 0 N–H and O–H groups in total. The Morgan fingerprint density at radius 3 is 2.80 bits per heavy atom. The third-order valence-electron chi connectivity index (χ3n) is 3.23. The first-order valence-electron chi connectivity index (χ1n) is 6.61. The van der Waals surface area contributed by atoms with Crippen LogP contribution in [0.3, 0.4) is 0 Å². The van der Waals surface area contributed by atoms with E-state index in [0.29, 0.717) is 32.3 Å². The van der Waals surface area contributed by atoms with Crippen molar-refractivity contribution in [1.29, 1.82) is 0 Å². The molecule has 2 aromatic rings. The largest absolute Gasteiger partial charge is 0.379 e. The molecule has 0 atom stereocenters. The minimum atomic E-state index is -0.0952. The Hall–Kier alpha value is -2.05. The minimum Gasteiger partial charge on any atom is -0.379 e. The second kappa shape index (κ2) is 5.52. The van der Waals surface area contributed by atoms with E-state index in [4.69, 9.17) is 4.74 Å². The molecular weight excluding hydrogens is 256 g/mol. The molecule has 0 saturated carbocycles. The van der Waals surface area contributed by atoms with Crippen LogP contribution in [0.1, 0.15) is 6.92 Å². The van der Waals surface area contributed by atoms with E-state index < -0.39 is 0 Å². The summed E-state index contributed by atoms with van der Waals surface area (Å²) >= 11 is 0. The van der Waals surface area contributed by atoms with Crippen LogP contribution in [0, 0.1) is 0 Å². The lowest BCUT2D eigenvalue weighted by atomic mass is 10.2. The van der Waals surface area contributed by atoms with E-state index in [9.17, 15) is 4.79 Å². The minimum absolute atomic E-state index is 0.0952. The van der Waals surface area contributed by atoms with E-state index in [1.807, 2.05) is 29.3 Å². The van der Waals surface area contributed by atoms with Crippen molar-refractivity contribution in [3.8, 4) is 0 Å². The van der Waals surface area contributed by atoms with Crippen molar-refractivity contribution in [2.75, 3.05) is 31.3 Å². The summed E-state index contributed by atoms with van der Waals surface area (Å²) < 4.78 is 5.32. The molecule has 0 unspecified atom stereocenters. The second-order valence-electron chi connectivity index (χ2n) is 4.63. The number of benzene rings is 1. The van der Waals surface area contributed by atoms with Gasteiger partial charge in [-0.2, -0.15) is 0 Å². The molecule has 1 aliphatic rings. The van der Waals surface area contributed by atoms with E-state index in [1.165, 1.54) is 11.9 Å². The van der Waals surface area contributed by atoms with Crippen LogP contribution in [0.4, 0.5) is 5.95 Å². The van der Waals surface area contributed by atoms with Gasteiger partial charge in [-0.15, -0.1) is 0 Å². The second-order valence-corrected chi connectivity index (χ2v) is 4.63. The maximum Gasteiger partial charge on any atom is 0.248 e. The summed E-state index contributed by atoms with van der Waals surface area (Å²) in [6.45, 7) is 4.06.